The van der Waals surface area contributed by atoms with E-state index in [1.165, 1.54) is 11.5 Å². The average Bonchev–Trinajstić information content (AvgIpc) is 3.27. The van der Waals surface area contributed by atoms with E-state index in [-0.39, 0.29) is 12.5 Å². The standard InChI is InChI=1S/C29H33N5O3/c1-6-28(35)32-24-15-21(27(36-5)17-26(24)33(3)14-13-30-2)19-37-29-16-20(11-12-31-29)23-18-34(4)25-10-8-7-9-22(23)25/h6-12,15-18,30H,1,13-14,19H2,2-5H3,(H,32,35). The van der Waals surface area contributed by atoms with Crippen molar-refractivity contribution in [3.63, 3.8) is 0 Å². The van der Waals surface area contributed by atoms with Crippen LogP contribution in [0.2, 0.25) is 0 Å². The lowest BCUT2D eigenvalue weighted by Gasteiger charge is -2.24. The number of rotatable bonds is 11. The summed E-state index contributed by atoms with van der Waals surface area (Å²) < 4.78 is 13.9. The molecule has 1 amide bonds. The summed E-state index contributed by atoms with van der Waals surface area (Å²) in [6.45, 7) is 5.32. The van der Waals surface area contributed by atoms with Crippen molar-refractivity contribution in [3.8, 4) is 22.8 Å². The van der Waals surface area contributed by atoms with Gasteiger partial charge in [0.25, 0.3) is 0 Å². The summed E-state index contributed by atoms with van der Waals surface area (Å²) in [5.41, 5.74) is 5.57. The van der Waals surface area contributed by atoms with Gasteiger partial charge in [-0.05, 0) is 36.9 Å². The molecule has 37 heavy (non-hydrogen) atoms. The van der Waals surface area contributed by atoms with Crippen LogP contribution in [0.4, 0.5) is 11.4 Å². The molecule has 0 radical (unpaired) electrons. The SMILES string of the molecule is C=CC(=O)Nc1cc(COc2cc(-c3cn(C)c4ccccc34)ccn2)c(OC)cc1N(C)CCNC. The molecule has 2 aromatic heterocycles. The van der Waals surface area contributed by atoms with Crippen LogP contribution in [0.5, 0.6) is 11.6 Å². The highest BCUT2D eigenvalue weighted by Crippen LogP contribution is 2.35. The Morgan fingerprint density at radius 3 is 2.78 bits per heavy atom. The zero-order valence-electron chi connectivity index (χ0n) is 21.7. The lowest BCUT2D eigenvalue weighted by Crippen LogP contribution is -2.28. The summed E-state index contributed by atoms with van der Waals surface area (Å²) in [7, 11) is 7.53. The van der Waals surface area contributed by atoms with Gasteiger partial charge in [0.2, 0.25) is 11.8 Å². The van der Waals surface area contributed by atoms with Crippen molar-refractivity contribution in [1.82, 2.24) is 14.9 Å². The highest BCUT2D eigenvalue weighted by molar-refractivity contribution is 6.01. The summed E-state index contributed by atoms with van der Waals surface area (Å²) in [4.78, 5) is 18.6. The number of anilines is 2. The number of benzene rings is 2. The van der Waals surface area contributed by atoms with Crippen LogP contribution in [0.1, 0.15) is 5.56 Å². The van der Waals surface area contributed by atoms with Gasteiger partial charge in [-0.2, -0.15) is 0 Å². The maximum atomic E-state index is 12.1. The lowest BCUT2D eigenvalue weighted by molar-refractivity contribution is -0.111. The Hall–Kier alpha value is -4.30. The summed E-state index contributed by atoms with van der Waals surface area (Å²) >= 11 is 0. The number of nitrogens with one attached hydrogen (secondary N) is 2. The van der Waals surface area contributed by atoms with E-state index in [1.807, 2.05) is 57.5 Å². The Bertz CT molecular complexity index is 1410. The first-order chi connectivity index (χ1) is 17.9. The van der Waals surface area contributed by atoms with Crippen molar-refractivity contribution in [2.45, 2.75) is 6.61 Å². The molecule has 0 bridgehead atoms. The van der Waals surface area contributed by atoms with E-state index in [2.05, 4.69) is 50.0 Å². The number of carbonyl (C=O) groups excluding carboxylic acids is 1. The topological polar surface area (TPSA) is 80.6 Å². The molecule has 4 aromatic rings. The maximum Gasteiger partial charge on any atom is 0.247 e. The number of ether oxygens (including phenoxy) is 2. The first-order valence-corrected chi connectivity index (χ1v) is 12.1. The summed E-state index contributed by atoms with van der Waals surface area (Å²) in [6, 6.07) is 16.0. The van der Waals surface area contributed by atoms with Crippen molar-refractivity contribution in [3.05, 3.63) is 79.1 Å². The molecular formula is C29H33N5O3. The first-order valence-electron chi connectivity index (χ1n) is 12.1. The molecule has 192 valence electrons. The van der Waals surface area contributed by atoms with E-state index < -0.39 is 0 Å². The minimum Gasteiger partial charge on any atom is -0.496 e. The van der Waals surface area contributed by atoms with Crippen molar-refractivity contribution in [1.29, 1.82) is 0 Å². The smallest absolute Gasteiger partial charge is 0.247 e. The monoisotopic (exact) mass is 499 g/mol. The van der Waals surface area contributed by atoms with Gasteiger partial charge in [0.1, 0.15) is 12.4 Å². The highest BCUT2D eigenvalue weighted by atomic mass is 16.5. The third kappa shape index (κ3) is 5.76. The fourth-order valence-corrected chi connectivity index (χ4v) is 4.30. The van der Waals surface area contributed by atoms with Crippen LogP contribution in [0.25, 0.3) is 22.0 Å². The van der Waals surface area contributed by atoms with Gasteiger partial charge in [-0.15, -0.1) is 0 Å². The van der Waals surface area contributed by atoms with E-state index in [4.69, 9.17) is 9.47 Å². The minimum atomic E-state index is -0.287. The zero-order valence-corrected chi connectivity index (χ0v) is 21.7. The maximum absolute atomic E-state index is 12.1. The van der Waals surface area contributed by atoms with Gasteiger partial charge in [-0.3, -0.25) is 4.79 Å². The number of hydrogen-bond acceptors (Lipinski definition) is 6. The molecule has 0 saturated carbocycles. The third-order valence-corrected chi connectivity index (χ3v) is 6.27. The number of aromatic nitrogens is 2. The number of aryl methyl sites for hydroxylation is 1. The van der Waals surface area contributed by atoms with E-state index in [9.17, 15) is 4.79 Å². The number of amides is 1. The Morgan fingerprint density at radius 1 is 1.22 bits per heavy atom. The van der Waals surface area contributed by atoms with Crippen molar-refractivity contribution >= 4 is 28.2 Å². The number of likely N-dealkylation sites (N-methyl/N-ethyl adjacent to an activating group) is 2. The van der Waals surface area contributed by atoms with Gasteiger partial charge in [0.15, 0.2) is 0 Å². The number of nitrogens with zero attached hydrogens (tertiary/aromatic N) is 3. The number of methoxy groups -OCH3 is 1. The van der Waals surface area contributed by atoms with Crippen LogP contribution in [0.3, 0.4) is 0 Å². The van der Waals surface area contributed by atoms with Crippen molar-refractivity contribution < 1.29 is 14.3 Å². The van der Waals surface area contributed by atoms with Gasteiger partial charge >= 0.3 is 0 Å². The quantitative estimate of drug-likeness (QED) is 0.294. The van der Waals surface area contributed by atoms with Gasteiger partial charge < -0.3 is 29.6 Å². The van der Waals surface area contributed by atoms with Crippen molar-refractivity contribution in [2.75, 3.05) is 44.5 Å². The summed E-state index contributed by atoms with van der Waals surface area (Å²) in [5, 5.41) is 7.22. The number of para-hydroxylation sites is 1. The van der Waals surface area contributed by atoms with E-state index in [0.29, 0.717) is 17.3 Å². The van der Waals surface area contributed by atoms with Gasteiger partial charge in [0, 0.05) is 73.7 Å². The second kappa shape index (κ2) is 11.6. The molecule has 2 heterocycles. The van der Waals surface area contributed by atoms with Crippen LogP contribution in [-0.2, 0) is 18.4 Å². The molecule has 0 fully saturated rings. The normalized spacial score (nSPS) is 10.8. The molecule has 0 aliphatic rings. The van der Waals surface area contributed by atoms with E-state index in [1.54, 1.807) is 13.3 Å². The van der Waals surface area contributed by atoms with E-state index in [0.717, 1.165) is 41.0 Å². The average molecular weight is 500 g/mol. The summed E-state index contributed by atoms with van der Waals surface area (Å²) in [6.07, 6.45) is 5.12. The van der Waals surface area contributed by atoms with Crippen molar-refractivity contribution in [2.24, 2.45) is 7.05 Å². The molecule has 0 aliphatic carbocycles. The molecule has 8 heteroatoms. The molecule has 4 rings (SSSR count). The molecule has 2 aromatic carbocycles. The van der Waals surface area contributed by atoms with Crippen LogP contribution < -0.4 is 25.0 Å². The molecule has 0 saturated heterocycles. The molecule has 0 spiro atoms. The zero-order chi connectivity index (χ0) is 26.4. The van der Waals surface area contributed by atoms with Crippen LogP contribution in [-0.4, -0.2) is 49.8 Å². The molecule has 0 aliphatic heterocycles. The first kappa shape index (κ1) is 25.8. The number of carbonyl (C=O) groups is 1. The molecule has 0 atom stereocenters. The Balaban J connectivity index is 1.62. The number of pyridine rings is 1. The fourth-order valence-electron chi connectivity index (χ4n) is 4.30. The molecule has 0 unspecified atom stereocenters. The van der Waals surface area contributed by atoms with Gasteiger partial charge in [-0.1, -0.05) is 24.8 Å². The van der Waals surface area contributed by atoms with Gasteiger partial charge in [0.05, 0.1) is 18.5 Å². The fraction of sp³-hybridized carbons (Fsp3) is 0.241. The second-order valence-corrected chi connectivity index (χ2v) is 8.74. The Morgan fingerprint density at radius 2 is 2.03 bits per heavy atom. The third-order valence-electron chi connectivity index (χ3n) is 6.27. The highest BCUT2D eigenvalue weighted by Gasteiger charge is 2.16. The van der Waals surface area contributed by atoms with Gasteiger partial charge in [-0.25, -0.2) is 4.98 Å². The van der Waals surface area contributed by atoms with Crippen LogP contribution >= 0.6 is 0 Å². The molecule has 2 N–H and O–H groups in total. The Labute approximate surface area is 217 Å². The predicted octanol–water partition coefficient (Wildman–Crippen LogP) is 4.61. The summed E-state index contributed by atoms with van der Waals surface area (Å²) in [5.74, 6) is 0.872. The minimum absolute atomic E-state index is 0.215. The Kier molecular flexibility index (Phi) is 8.10. The number of hydrogen-bond donors (Lipinski definition) is 2. The molecule has 8 nitrogen and oxygen atoms in total. The number of fused-ring (bicyclic) bond motifs is 1. The van der Waals surface area contributed by atoms with Crippen LogP contribution in [0.15, 0.2) is 73.6 Å². The molecular weight excluding hydrogens is 466 g/mol. The second-order valence-electron chi connectivity index (χ2n) is 8.74. The van der Waals surface area contributed by atoms with Crippen LogP contribution in [0, 0.1) is 0 Å². The van der Waals surface area contributed by atoms with E-state index >= 15 is 0 Å². The lowest BCUT2D eigenvalue weighted by atomic mass is 10.1. The largest absolute Gasteiger partial charge is 0.496 e. The predicted molar refractivity (Wildman–Crippen MR) is 149 cm³/mol.